The van der Waals surface area contributed by atoms with Gasteiger partial charge in [0.25, 0.3) is 0 Å². The predicted octanol–water partition coefficient (Wildman–Crippen LogP) is 1.81. The zero-order valence-corrected chi connectivity index (χ0v) is 13.2. The number of hydrogen-bond acceptors (Lipinski definition) is 3. The number of hydrogen-bond donors (Lipinski definition) is 2. The Kier molecular flexibility index (Phi) is 7.30. The number of aliphatic hydroxyl groups is 1. The molecule has 1 atom stereocenters. The number of likely N-dealkylation sites (tertiary alicyclic amines) is 2. The van der Waals surface area contributed by atoms with Gasteiger partial charge in [-0.3, -0.25) is 0 Å². The van der Waals surface area contributed by atoms with Crippen LogP contribution in [0.3, 0.4) is 0 Å². The molecule has 0 aliphatic carbocycles. The molecule has 1 unspecified atom stereocenters. The summed E-state index contributed by atoms with van der Waals surface area (Å²) < 4.78 is 0. The number of β-amino-alcohol motifs (C(OH)–C–C–N with tert-alkyl or cyclic N) is 1. The Hall–Kier alpha value is -0.810. The first kappa shape index (κ1) is 16.6. The molecule has 5 heteroatoms. The minimum Gasteiger partial charge on any atom is -0.391 e. The lowest BCUT2D eigenvalue weighted by Gasteiger charge is -2.30. The van der Waals surface area contributed by atoms with Crippen LogP contribution < -0.4 is 5.32 Å². The van der Waals surface area contributed by atoms with Gasteiger partial charge in [0.2, 0.25) is 0 Å². The highest BCUT2D eigenvalue weighted by Gasteiger charge is 2.21. The molecule has 0 bridgehead atoms. The van der Waals surface area contributed by atoms with Gasteiger partial charge in [-0.15, -0.1) is 0 Å². The standard InChI is InChI=1S/C16H31N3O2/c20-15-8-7-13-19(14-15)16(21)17-9-3-1-4-10-18-11-5-2-6-12-18/h15,20H,1-14H2,(H,17,21). The molecule has 2 heterocycles. The van der Waals surface area contributed by atoms with E-state index in [0.717, 1.165) is 32.4 Å². The van der Waals surface area contributed by atoms with E-state index in [9.17, 15) is 9.90 Å². The third-order valence-corrected chi connectivity index (χ3v) is 4.56. The Morgan fingerprint density at radius 2 is 1.86 bits per heavy atom. The average molecular weight is 297 g/mol. The summed E-state index contributed by atoms with van der Waals surface area (Å²) in [5.74, 6) is 0. The van der Waals surface area contributed by atoms with Gasteiger partial charge in [-0.05, 0) is 58.2 Å². The second-order valence-electron chi connectivity index (χ2n) is 6.44. The number of amides is 2. The highest BCUT2D eigenvalue weighted by molar-refractivity contribution is 5.74. The quantitative estimate of drug-likeness (QED) is 0.735. The van der Waals surface area contributed by atoms with Crippen molar-refractivity contribution < 1.29 is 9.90 Å². The minimum atomic E-state index is -0.339. The van der Waals surface area contributed by atoms with Gasteiger partial charge in [0.1, 0.15) is 0 Å². The summed E-state index contributed by atoms with van der Waals surface area (Å²) >= 11 is 0. The van der Waals surface area contributed by atoms with Crippen molar-refractivity contribution in [1.29, 1.82) is 0 Å². The summed E-state index contributed by atoms with van der Waals surface area (Å²) in [5, 5.41) is 12.5. The van der Waals surface area contributed by atoms with Crippen LogP contribution in [0.15, 0.2) is 0 Å². The molecular formula is C16H31N3O2. The molecule has 0 radical (unpaired) electrons. The molecule has 2 aliphatic heterocycles. The summed E-state index contributed by atoms with van der Waals surface area (Å²) in [6.07, 6.45) is 8.97. The lowest BCUT2D eigenvalue weighted by molar-refractivity contribution is 0.0843. The molecule has 0 spiro atoms. The van der Waals surface area contributed by atoms with Gasteiger partial charge in [0.05, 0.1) is 6.10 Å². The maximum atomic E-state index is 11.9. The maximum Gasteiger partial charge on any atom is 0.317 e. The molecule has 2 rings (SSSR count). The van der Waals surface area contributed by atoms with Gasteiger partial charge >= 0.3 is 6.03 Å². The molecule has 5 nitrogen and oxygen atoms in total. The maximum absolute atomic E-state index is 11.9. The molecule has 2 saturated heterocycles. The second-order valence-corrected chi connectivity index (χ2v) is 6.44. The van der Waals surface area contributed by atoms with Crippen LogP contribution in [0.25, 0.3) is 0 Å². The highest BCUT2D eigenvalue weighted by Crippen LogP contribution is 2.11. The minimum absolute atomic E-state index is 0.00946. The fraction of sp³-hybridized carbons (Fsp3) is 0.938. The Labute approximate surface area is 128 Å². The smallest absolute Gasteiger partial charge is 0.317 e. The zero-order chi connectivity index (χ0) is 14.9. The van der Waals surface area contributed by atoms with Crippen LogP contribution in [0, 0.1) is 0 Å². The number of urea groups is 1. The van der Waals surface area contributed by atoms with Crippen molar-refractivity contribution in [3.63, 3.8) is 0 Å². The zero-order valence-electron chi connectivity index (χ0n) is 13.2. The Morgan fingerprint density at radius 3 is 2.62 bits per heavy atom. The second kappa shape index (κ2) is 9.26. The predicted molar refractivity (Wildman–Crippen MR) is 84.4 cm³/mol. The summed E-state index contributed by atoms with van der Waals surface area (Å²) in [6.45, 7) is 5.78. The molecule has 0 aromatic rings. The lowest BCUT2D eigenvalue weighted by atomic mass is 10.1. The molecule has 2 N–H and O–H groups in total. The van der Waals surface area contributed by atoms with Crippen molar-refractivity contribution in [3.8, 4) is 0 Å². The molecule has 0 saturated carbocycles. The summed E-state index contributed by atoms with van der Waals surface area (Å²) in [4.78, 5) is 16.2. The molecule has 2 fully saturated rings. The van der Waals surface area contributed by atoms with E-state index >= 15 is 0 Å². The van der Waals surface area contributed by atoms with Gasteiger partial charge in [-0.2, -0.15) is 0 Å². The fourth-order valence-electron chi connectivity index (χ4n) is 3.27. The van der Waals surface area contributed by atoms with Crippen LogP contribution >= 0.6 is 0 Å². The van der Waals surface area contributed by atoms with Crippen LogP contribution in [0.2, 0.25) is 0 Å². The summed E-state index contributed by atoms with van der Waals surface area (Å²) in [5.41, 5.74) is 0. The molecular weight excluding hydrogens is 266 g/mol. The number of piperidine rings is 2. The molecule has 2 aliphatic rings. The first-order valence-electron chi connectivity index (χ1n) is 8.69. The van der Waals surface area contributed by atoms with E-state index in [2.05, 4.69) is 10.2 Å². The average Bonchev–Trinajstić information content (AvgIpc) is 2.51. The van der Waals surface area contributed by atoms with Gasteiger partial charge < -0.3 is 20.2 Å². The number of carbonyl (C=O) groups is 1. The van der Waals surface area contributed by atoms with Crippen LogP contribution in [0.1, 0.15) is 51.4 Å². The fourth-order valence-corrected chi connectivity index (χ4v) is 3.27. The number of carbonyl (C=O) groups excluding carboxylic acids is 1. The number of nitrogens with one attached hydrogen (secondary N) is 1. The van der Waals surface area contributed by atoms with Crippen molar-refractivity contribution in [2.24, 2.45) is 0 Å². The van der Waals surface area contributed by atoms with Gasteiger partial charge in [-0.1, -0.05) is 12.8 Å². The van der Waals surface area contributed by atoms with E-state index in [1.807, 2.05) is 0 Å². The van der Waals surface area contributed by atoms with E-state index in [-0.39, 0.29) is 12.1 Å². The van der Waals surface area contributed by atoms with Crippen molar-refractivity contribution in [1.82, 2.24) is 15.1 Å². The topological polar surface area (TPSA) is 55.8 Å². The normalized spacial score (nSPS) is 24.0. The van der Waals surface area contributed by atoms with Crippen LogP contribution in [-0.2, 0) is 0 Å². The van der Waals surface area contributed by atoms with Crippen molar-refractivity contribution in [3.05, 3.63) is 0 Å². The third kappa shape index (κ3) is 6.22. The summed E-state index contributed by atoms with van der Waals surface area (Å²) in [7, 11) is 0. The van der Waals surface area contributed by atoms with Crippen molar-refractivity contribution in [2.75, 3.05) is 39.3 Å². The van der Waals surface area contributed by atoms with Crippen molar-refractivity contribution >= 4 is 6.03 Å². The molecule has 21 heavy (non-hydrogen) atoms. The SMILES string of the molecule is O=C(NCCCCCN1CCCCC1)N1CCCC(O)C1. The van der Waals surface area contributed by atoms with Crippen LogP contribution in [-0.4, -0.2) is 66.3 Å². The highest BCUT2D eigenvalue weighted by atomic mass is 16.3. The van der Waals surface area contributed by atoms with E-state index in [4.69, 9.17) is 0 Å². The van der Waals surface area contributed by atoms with Gasteiger partial charge in [0, 0.05) is 19.6 Å². The number of nitrogens with zero attached hydrogens (tertiary/aromatic N) is 2. The van der Waals surface area contributed by atoms with E-state index in [0.29, 0.717) is 6.54 Å². The van der Waals surface area contributed by atoms with E-state index in [1.165, 1.54) is 51.7 Å². The third-order valence-electron chi connectivity index (χ3n) is 4.56. The number of aliphatic hydroxyl groups excluding tert-OH is 1. The lowest BCUT2D eigenvalue weighted by Crippen LogP contribution is -2.47. The van der Waals surface area contributed by atoms with Gasteiger partial charge in [-0.25, -0.2) is 4.79 Å². The Bertz CT molecular complexity index is 306. The van der Waals surface area contributed by atoms with E-state index < -0.39 is 0 Å². The Balaban J connectivity index is 1.46. The summed E-state index contributed by atoms with van der Waals surface area (Å²) in [6, 6.07) is -0.00946. The van der Waals surface area contributed by atoms with Crippen molar-refractivity contribution in [2.45, 2.75) is 57.5 Å². The van der Waals surface area contributed by atoms with Crippen LogP contribution in [0.4, 0.5) is 4.79 Å². The van der Waals surface area contributed by atoms with Crippen LogP contribution in [0.5, 0.6) is 0 Å². The molecule has 2 amide bonds. The molecule has 0 aromatic carbocycles. The van der Waals surface area contributed by atoms with E-state index in [1.54, 1.807) is 4.90 Å². The largest absolute Gasteiger partial charge is 0.391 e. The number of rotatable bonds is 6. The van der Waals surface area contributed by atoms with Gasteiger partial charge in [0.15, 0.2) is 0 Å². The first-order chi connectivity index (χ1) is 10.3. The monoisotopic (exact) mass is 297 g/mol. The first-order valence-corrected chi connectivity index (χ1v) is 8.69. The molecule has 122 valence electrons. The Morgan fingerprint density at radius 1 is 1.05 bits per heavy atom. The molecule has 0 aromatic heterocycles. The number of unbranched alkanes of at least 4 members (excludes halogenated alkanes) is 2.